The third-order valence-electron chi connectivity index (χ3n) is 2.46. The summed E-state index contributed by atoms with van der Waals surface area (Å²) in [4.78, 5) is 11.3. The van der Waals surface area contributed by atoms with E-state index < -0.39 is 0 Å². The Labute approximate surface area is 74.0 Å². The van der Waals surface area contributed by atoms with E-state index in [1.165, 1.54) is 0 Å². The number of carbonyl (C=O) groups is 1. The fourth-order valence-electron chi connectivity index (χ4n) is 1.65. The summed E-state index contributed by atoms with van der Waals surface area (Å²) in [5, 5.41) is 0. The molecule has 64 valence electrons. The molecular formula is C9H16OS. The summed E-state index contributed by atoms with van der Waals surface area (Å²) < 4.78 is -0.240. The minimum atomic E-state index is -0.240. The van der Waals surface area contributed by atoms with Crippen LogP contribution in [0, 0.1) is 0 Å². The monoisotopic (exact) mass is 172 g/mol. The lowest BCUT2D eigenvalue weighted by molar-refractivity contribution is -0.119. The third kappa shape index (κ3) is 1.98. The minimum Gasteiger partial charge on any atom is -0.298 e. The molecule has 1 fully saturated rings. The molecule has 2 heteroatoms. The Morgan fingerprint density at radius 3 is 2.82 bits per heavy atom. The molecule has 1 rings (SSSR count). The summed E-state index contributed by atoms with van der Waals surface area (Å²) in [5.74, 6) is 0.370. The zero-order valence-electron chi connectivity index (χ0n) is 7.10. The zero-order chi connectivity index (χ0) is 8.32. The highest BCUT2D eigenvalue weighted by Gasteiger charge is 2.37. The van der Waals surface area contributed by atoms with Crippen LogP contribution in [0.25, 0.3) is 0 Å². The minimum absolute atomic E-state index is 0.240. The van der Waals surface area contributed by atoms with Gasteiger partial charge < -0.3 is 0 Å². The predicted octanol–water partition coefficient (Wildman–Crippen LogP) is 2.60. The van der Waals surface area contributed by atoms with Crippen molar-refractivity contribution < 1.29 is 4.79 Å². The number of ketones is 1. The van der Waals surface area contributed by atoms with E-state index in [1.807, 2.05) is 0 Å². The second-order valence-electron chi connectivity index (χ2n) is 3.41. The highest BCUT2D eigenvalue weighted by molar-refractivity contribution is 7.82. The fourth-order valence-corrected chi connectivity index (χ4v) is 2.08. The maximum atomic E-state index is 11.3. The normalized spacial score (nSPS) is 31.3. The van der Waals surface area contributed by atoms with Crippen LogP contribution in [0.5, 0.6) is 0 Å². The number of rotatable bonds is 3. The SMILES string of the molecule is CCCCC1(S)CCCC1=O. The van der Waals surface area contributed by atoms with Crippen LogP contribution in [0.3, 0.4) is 0 Å². The first kappa shape index (κ1) is 9.11. The van der Waals surface area contributed by atoms with Crippen LogP contribution in [0.2, 0.25) is 0 Å². The molecule has 0 aromatic carbocycles. The topological polar surface area (TPSA) is 17.1 Å². The molecule has 0 aliphatic heterocycles. The van der Waals surface area contributed by atoms with Crippen molar-refractivity contribution in [2.75, 3.05) is 0 Å². The maximum absolute atomic E-state index is 11.3. The van der Waals surface area contributed by atoms with Gasteiger partial charge in [-0.15, -0.1) is 0 Å². The second-order valence-corrected chi connectivity index (χ2v) is 4.27. The summed E-state index contributed by atoms with van der Waals surface area (Å²) in [6.07, 6.45) is 6.07. The Kier molecular flexibility index (Phi) is 2.99. The van der Waals surface area contributed by atoms with E-state index in [0.29, 0.717) is 5.78 Å². The van der Waals surface area contributed by atoms with E-state index in [9.17, 15) is 4.79 Å². The standard InChI is InChI=1S/C9H16OS/c1-2-3-6-9(11)7-4-5-8(9)10/h11H,2-7H2,1H3. The average molecular weight is 172 g/mol. The maximum Gasteiger partial charge on any atom is 0.148 e. The number of unbranched alkanes of at least 4 members (excludes halogenated alkanes) is 1. The number of hydrogen-bond donors (Lipinski definition) is 1. The van der Waals surface area contributed by atoms with Gasteiger partial charge in [-0.3, -0.25) is 4.79 Å². The molecule has 0 spiro atoms. The second kappa shape index (κ2) is 3.61. The predicted molar refractivity (Wildman–Crippen MR) is 50.1 cm³/mol. The van der Waals surface area contributed by atoms with Crippen LogP contribution in [0.4, 0.5) is 0 Å². The molecule has 1 saturated carbocycles. The van der Waals surface area contributed by atoms with Gasteiger partial charge in [0.2, 0.25) is 0 Å². The summed E-state index contributed by atoms with van der Waals surface area (Å²) in [6, 6.07) is 0. The van der Waals surface area contributed by atoms with Gasteiger partial charge >= 0.3 is 0 Å². The molecule has 0 aromatic rings. The molecule has 1 aliphatic rings. The van der Waals surface area contributed by atoms with Gasteiger partial charge in [0.1, 0.15) is 5.78 Å². The first-order valence-electron chi connectivity index (χ1n) is 4.45. The number of hydrogen-bond acceptors (Lipinski definition) is 2. The Balaban J connectivity index is 2.44. The van der Waals surface area contributed by atoms with Crippen molar-refractivity contribution >= 4 is 18.4 Å². The Morgan fingerprint density at radius 2 is 2.36 bits per heavy atom. The third-order valence-corrected chi connectivity index (χ3v) is 3.15. The summed E-state index contributed by atoms with van der Waals surface area (Å²) >= 11 is 4.46. The smallest absolute Gasteiger partial charge is 0.148 e. The van der Waals surface area contributed by atoms with E-state index in [2.05, 4.69) is 19.6 Å². The lowest BCUT2D eigenvalue weighted by Crippen LogP contribution is -2.26. The number of thiol groups is 1. The van der Waals surface area contributed by atoms with Crippen molar-refractivity contribution in [3.63, 3.8) is 0 Å². The molecule has 0 heterocycles. The average Bonchev–Trinajstić information content (AvgIpc) is 2.30. The van der Waals surface area contributed by atoms with Crippen LogP contribution in [0.15, 0.2) is 0 Å². The molecule has 0 amide bonds. The summed E-state index contributed by atoms with van der Waals surface area (Å²) in [6.45, 7) is 2.15. The molecule has 1 aliphatic carbocycles. The molecule has 0 N–H and O–H groups in total. The fraction of sp³-hybridized carbons (Fsp3) is 0.889. The molecule has 0 aromatic heterocycles. The first-order chi connectivity index (χ1) is 5.19. The van der Waals surface area contributed by atoms with Crippen molar-refractivity contribution in [2.24, 2.45) is 0 Å². The van der Waals surface area contributed by atoms with Crippen LogP contribution in [-0.2, 0) is 4.79 Å². The molecule has 0 radical (unpaired) electrons. The molecular weight excluding hydrogens is 156 g/mol. The van der Waals surface area contributed by atoms with Gasteiger partial charge in [0.05, 0.1) is 4.75 Å². The highest BCUT2D eigenvalue weighted by atomic mass is 32.1. The molecule has 11 heavy (non-hydrogen) atoms. The summed E-state index contributed by atoms with van der Waals surface area (Å²) in [5.41, 5.74) is 0. The lowest BCUT2D eigenvalue weighted by Gasteiger charge is -2.19. The molecule has 1 unspecified atom stereocenters. The quantitative estimate of drug-likeness (QED) is 0.647. The zero-order valence-corrected chi connectivity index (χ0v) is 7.99. The first-order valence-corrected chi connectivity index (χ1v) is 4.89. The van der Waals surface area contributed by atoms with E-state index in [4.69, 9.17) is 0 Å². The van der Waals surface area contributed by atoms with Crippen LogP contribution in [0.1, 0.15) is 45.4 Å². The van der Waals surface area contributed by atoms with Crippen LogP contribution in [-0.4, -0.2) is 10.5 Å². The van der Waals surface area contributed by atoms with Crippen molar-refractivity contribution in [1.82, 2.24) is 0 Å². The molecule has 1 atom stereocenters. The van der Waals surface area contributed by atoms with Gasteiger partial charge in [-0.05, 0) is 19.3 Å². The van der Waals surface area contributed by atoms with Crippen LogP contribution < -0.4 is 0 Å². The summed E-state index contributed by atoms with van der Waals surface area (Å²) in [7, 11) is 0. The van der Waals surface area contributed by atoms with E-state index in [1.54, 1.807) is 0 Å². The van der Waals surface area contributed by atoms with Crippen molar-refractivity contribution in [1.29, 1.82) is 0 Å². The van der Waals surface area contributed by atoms with Gasteiger partial charge in [0.25, 0.3) is 0 Å². The van der Waals surface area contributed by atoms with Gasteiger partial charge in [-0.1, -0.05) is 19.8 Å². The Morgan fingerprint density at radius 1 is 1.64 bits per heavy atom. The van der Waals surface area contributed by atoms with Gasteiger partial charge in [-0.25, -0.2) is 0 Å². The van der Waals surface area contributed by atoms with Gasteiger partial charge in [0, 0.05) is 6.42 Å². The highest BCUT2D eigenvalue weighted by Crippen LogP contribution is 2.36. The molecule has 1 nitrogen and oxygen atoms in total. The lowest BCUT2D eigenvalue weighted by atomic mass is 9.99. The van der Waals surface area contributed by atoms with Crippen molar-refractivity contribution in [2.45, 2.75) is 50.2 Å². The number of Topliss-reactive ketones (excluding diaryl/α,β-unsaturated/α-hetero) is 1. The van der Waals surface area contributed by atoms with Gasteiger partial charge in [0.15, 0.2) is 0 Å². The number of carbonyl (C=O) groups excluding carboxylic acids is 1. The Hall–Kier alpha value is 0.0200. The van der Waals surface area contributed by atoms with E-state index >= 15 is 0 Å². The largest absolute Gasteiger partial charge is 0.298 e. The van der Waals surface area contributed by atoms with Crippen molar-refractivity contribution in [3.8, 4) is 0 Å². The van der Waals surface area contributed by atoms with Crippen molar-refractivity contribution in [3.05, 3.63) is 0 Å². The van der Waals surface area contributed by atoms with E-state index in [-0.39, 0.29) is 4.75 Å². The molecule has 0 saturated heterocycles. The van der Waals surface area contributed by atoms with Gasteiger partial charge in [-0.2, -0.15) is 12.6 Å². The Bertz CT molecular complexity index is 156. The van der Waals surface area contributed by atoms with Crippen LogP contribution >= 0.6 is 12.6 Å². The molecule has 0 bridgehead atoms. The van der Waals surface area contributed by atoms with E-state index in [0.717, 1.165) is 38.5 Å².